The molecule has 0 bridgehead atoms. The summed E-state index contributed by atoms with van der Waals surface area (Å²) in [5.74, 6) is -2.16. The summed E-state index contributed by atoms with van der Waals surface area (Å²) in [6.45, 7) is 34.4. The maximum absolute atomic E-state index is 13.1. The standard InChI is InChI=1S/C77H144N6O30/c1-49(87)81-58-64(96)61(93)52(41-84)109-67(58)105-44-71(7,8)45-108-74(13,14)24-35-101-40-29-80-57(92)21-32-104-48-77(70(4,5)6,46-102-30-19-55(90)78-27-38-99-33-22-72(9,10)106-36-25-75(15,16)112-68-59(82-50(2)88)65(97)62(94)53(42-85)110-68)47-103-31-20-56(91)79-28-39-100-34-23-73(11,12)107-37-26-76(17,18)113-69-60(83-51(3)89)66(98)63(95)54(43-86)111-69/h52-54,58-69,84-86,93-98H,19-48H2,1-18H3,(H,78,90)(H,79,91)(H,80,92)(H,81,87)(H,82,88)(H,83,89). The van der Waals surface area contributed by atoms with Gasteiger partial charge in [-0.05, 0) is 107 Å². The molecular weight excluding hydrogens is 1490 g/mol. The average Bonchev–Trinajstić information content (AvgIpc) is 0.806. The number of rotatable bonds is 57. The second kappa shape index (κ2) is 49.4. The van der Waals surface area contributed by atoms with Crippen LogP contribution in [0.3, 0.4) is 0 Å². The van der Waals surface area contributed by atoms with Gasteiger partial charge in [-0.2, -0.15) is 0 Å². The normalized spacial score (nSPS) is 25.5. The molecule has 15 atom stereocenters. The fraction of sp³-hybridized carbons (Fsp3) is 0.922. The van der Waals surface area contributed by atoms with Crippen molar-refractivity contribution >= 4 is 35.4 Å². The fourth-order valence-corrected chi connectivity index (χ4v) is 12.0. The van der Waals surface area contributed by atoms with Crippen LogP contribution in [0.1, 0.15) is 176 Å². The first-order chi connectivity index (χ1) is 52.6. The van der Waals surface area contributed by atoms with Crippen LogP contribution in [-0.2, 0) is 99.8 Å². The molecule has 0 radical (unpaired) electrons. The maximum atomic E-state index is 13.1. The van der Waals surface area contributed by atoms with E-state index in [1.54, 1.807) is 27.7 Å². The molecule has 6 amide bonds. The minimum atomic E-state index is -1.44. The predicted molar refractivity (Wildman–Crippen MR) is 409 cm³/mol. The van der Waals surface area contributed by atoms with E-state index in [1.807, 2.05) is 76.2 Å². The first-order valence-corrected chi connectivity index (χ1v) is 39.5. The molecule has 113 heavy (non-hydrogen) atoms. The van der Waals surface area contributed by atoms with E-state index >= 15 is 0 Å². The highest BCUT2D eigenvalue weighted by molar-refractivity contribution is 5.77. The minimum absolute atomic E-state index is 0.0360. The topological polar surface area (TPSA) is 495 Å². The number of hydrogen-bond donors (Lipinski definition) is 15. The Labute approximate surface area is 668 Å². The molecule has 0 aliphatic carbocycles. The van der Waals surface area contributed by atoms with Crippen LogP contribution in [-0.4, -0.2) is 347 Å². The van der Waals surface area contributed by atoms with Gasteiger partial charge in [-0.25, -0.2) is 0 Å². The Hall–Kier alpha value is -4.14. The molecule has 3 aliphatic rings. The molecule has 0 spiro atoms. The lowest BCUT2D eigenvalue weighted by Gasteiger charge is -2.44. The van der Waals surface area contributed by atoms with E-state index in [0.717, 1.165) is 0 Å². The molecule has 3 heterocycles. The fourth-order valence-electron chi connectivity index (χ4n) is 12.0. The molecule has 0 aromatic heterocycles. The highest BCUT2D eigenvalue weighted by atomic mass is 16.7. The third kappa shape index (κ3) is 39.1. The number of amides is 6. The summed E-state index contributed by atoms with van der Waals surface area (Å²) in [4.78, 5) is 74.9. The smallest absolute Gasteiger partial charge is 0.222 e. The third-order valence-electron chi connectivity index (χ3n) is 19.9. The van der Waals surface area contributed by atoms with Crippen molar-refractivity contribution in [2.45, 2.75) is 296 Å². The second-order valence-electron chi connectivity index (χ2n) is 34.4. The van der Waals surface area contributed by atoms with Gasteiger partial charge in [0, 0.05) is 90.3 Å². The van der Waals surface area contributed by atoms with Gasteiger partial charge < -0.3 is 149 Å². The quantitative estimate of drug-likeness (QED) is 0.0339. The highest BCUT2D eigenvalue weighted by Gasteiger charge is 2.50. The minimum Gasteiger partial charge on any atom is -0.394 e. The van der Waals surface area contributed by atoms with Crippen LogP contribution in [0.25, 0.3) is 0 Å². The Bertz CT molecular complexity index is 2650. The lowest BCUT2D eigenvalue weighted by Crippen LogP contribution is -2.65. The molecule has 15 N–H and O–H groups in total. The van der Waals surface area contributed by atoms with Crippen LogP contribution < -0.4 is 31.9 Å². The maximum Gasteiger partial charge on any atom is 0.222 e. The number of carbonyl (C=O) groups is 6. The molecule has 0 aromatic carbocycles. The Balaban J connectivity index is 1.48. The van der Waals surface area contributed by atoms with Crippen molar-refractivity contribution in [1.29, 1.82) is 0 Å². The zero-order valence-corrected chi connectivity index (χ0v) is 70.5. The Morgan fingerprint density at radius 3 is 0.929 bits per heavy atom. The van der Waals surface area contributed by atoms with Crippen LogP contribution in [0.4, 0.5) is 0 Å². The van der Waals surface area contributed by atoms with Gasteiger partial charge in [0.2, 0.25) is 35.4 Å². The lowest BCUT2D eigenvalue weighted by atomic mass is 9.68. The monoisotopic (exact) mass is 1630 g/mol. The molecule has 662 valence electrons. The average molecular weight is 1630 g/mol. The second-order valence-corrected chi connectivity index (χ2v) is 34.4. The summed E-state index contributed by atoms with van der Waals surface area (Å²) < 4.78 is 90.5. The van der Waals surface area contributed by atoms with Crippen LogP contribution in [0.2, 0.25) is 0 Å². The first-order valence-electron chi connectivity index (χ1n) is 39.5. The van der Waals surface area contributed by atoms with Crippen molar-refractivity contribution in [2.24, 2.45) is 16.2 Å². The van der Waals surface area contributed by atoms with E-state index in [1.165, 1.54) is 20.8 Å². The summed E-state index contributed by atoms with van der Waals surface area (Å²) in [5.41, 5.74) is -5.52. The molecular formula is C77H144N6O30. The van der Waals surface area contributed by atoms with Gasteiger partial charge in [-0.3, -0.25) is 28.8 Å². The van der Waals surface area contributed by atoms with E-state index in [0.29, 0.717) is 51.9 Å². The van der Waals surface area contributed by atoms with Gasteiger partial charge in [-0.1, -0.05) is 34.6 Å². The Morgan fingerprint density at radius 2 is 0.628 bits per heavy atom. The van der Waals surface area contributed by atoms with E-state index in [4.69, 9.17) is 71.1 Å². The van der Waals surface area contributed by atoms with Crippen molar-refractivity contribution < 1.29 is 146 Å². The van der Waals surface area contributed by atoms with E-state index < -0.39 is 174 Å². The van der Waals surface area contributed by atoms with Crippen molar-refractivity contribution in [1.82, 2.24) is 31.9 Å². The summed E-state index contributed by atoms with van der Waals surface area (Å²) in [6.07, 6.45) is -13.0. The molecule has 3 saturated heterocycles. The van der Waals surface area contributed by atoms with Gasteiger partial charge in [0.25, 0.3) is 0 Å². The summed E-state index contributed by atoms with van der Waals surface area (Å²) in [7, 11) is 0. The van der Waals surface area contributed by atoms with E-state index in [-0.39, 0.29) is 143 Å². The van der Waals surface area contributed by atoms with Crippen molar-refractivity contribution in [3.05, 3.63) is 0 Å². The van der Waals surface area contributed by atoms with Gasteiger partial charge in [0.1, 0.15) is 73.1 Å². The molecule has 0 aromatic rings. The third-order valence-corrected chi connectivity index (χ3v) is 19.9. The predicted octanol–water partition coefficient (Wildman–Crippen LogP) is -0.562. The summed E-state index contributed by atoms with van der Waals surface area (Å²) in [5, 5.41) is 109. The van der Waals surface area contributed by atoms with E-state index in [9.17, 15) is 74.7 Å². The van der Waals surface area contributed by atoms with Crippen LogP contribution in [0.5, 0.6) is 0 Å². The number of hydrogen-bond acceptors (Lipinski definition) is 30. The molecule has 3 rings (SSSR count). The summed E-state index contributed by atoms with van der Waals surface area (Å²) in [6, 6.07) is -3.24. The number of aliphatic hydroxyl groups is 9. The lowest BCUT2D eigenvalue weighted by molar-refractivity contribution is -0.297. The van der Waals surface area contributed by atoms with Crippen molar-refractivity contribution in [3.63, 3.8) is 0 Å². The van der Waals surface area contributed by atoms with Crippen LogP contribution in [0.15, 0.2) is 0 Å². The van der Waals surface area contributed by atoms with Gasteiger partial charge in [-0.15, -0.1) is 0 Å². The van der Waals surface area contributed by atoms with E-state index in [2.05, 4.69) is 31.9 Å². The molecule has 36 nitrogen and oxygen atoms in total. The van der Waals surface area contributed by atoms with Gasteiger partial charge in [0.05, 0.1) is 134 Å². The summed E-state index contributed by atoms with van der Waals surface area (Å²) >= 11 is 0. The number of carbonyl (C=O) groups excluding carboxylic acids is 6. The van der Waals surface area contributed by atoms with Gasteiger partial charge in [0.15, 0.2) is 18.9 Å². The van der Waals surface area contributed by atoms with Crippen molar-refractivity contribution in [3.8, 4) is 0 Å². The molecule has 15 unspecified atom stereocenters. The molecule has 0 saturated carbocycles. The van der Waals surface area contributed by atoms with Gasteiger partial charge >= 0.3 is 0 Å². The zero-order chi connectivity index (χ0) is 85.2. The number of nitrogens with one attached hydrogen (secondary N) is 6. The number of ether oxygens (including phenoxy) is 15. The zero-order valence-electron chi connectivity index (χ0n) is 70.5. The van der Waals surface area contributed by atoms with Crippen molar-refractivity contribution in [2.75, 3.05) is 145 Å². The Morgan fingerprint density at radius 1 is 0.336 bits per heavy atom. The first kappa shape index (κ1) is 103. The molecule has 3 fully saturated rings. The van der Waals surface area contributed by atoms with Crippen LogP contribution >= 0.6 is 0 Å². The Kier molecular flexibility index (Phi) is 45.1. The molecule has 3 aliphatic heterocycles. The largest absolute Gasteiger partial charge is 0.394 e. The van der Waals surface area contributed by atoms with Crippen LogP contribution in [0, 0.1) is 16.2 Å². The SMILES string of the molecule is CC(=O)NC1C(OCC(C)(C)COC(C)(C)CCOCCNC(=O)CCOCC(COCCC(=O)NCCOCCC(C)(C)OCCC(C)(C)OC2OC(CO)C(O)C(O)C2NC(C)=O)(COCCC(=O)NCCOCCC(C)(C)OCCC(C)(C)OC2OC(CO)C(O)C(O)C2NC(C)=O)C(C)(C)C)OC(CO)C(O)C1O. The highest BCUT2D eigenvalue weighted by Crippen LogP contribution is 2.41. The molecule has 36 heteroatoms. The number of aliphatic hydroxyl groups excluding tert-OH is 9.